The molecule has 1 N–H and O–H groups in total. The van der Waals surface area contributed by atoms with E-state index in [1.807, 2.05) is 6.07 Å². The zero-order chi connectivity index (χ0) is 14.5. The van der Waals surface area contributed by atoms with Gasteiger partial charge in [-0.2, -0.15) is 0 Å². The van der Waals surface area contributed by atoms with Crippen molar-refractivity contribution < 1.29 is 9.18 Å². The summed E-state index contributed by atoms with van der Waals surface area (Å²) in [5.74, 6) is -0.139. The summed E-state index contributed by atoms with van der Waals surface area (Å²) in [4.78, 5) is 13.7. The van der Waals surface area contributed by atoms with Crippen LogP contribution in [0, 0.1) is 11.7 Å². The molecule has 108 valence electrons. The summed E-state index contributed by atoms with van der Waals surface area (Å²) in [5, 5.41) is 2.89. The van der Waals surface area contributed by atoms with Crippen LogP contribution < -0.4 is 10.2 Å². The van der Waals surface area contributed by atoms with Crippen molar-refractivity contribution in [2.75, 3.05) is 19.0 Å². The predicted octanol–water partition coefficient (Wildman–Crippen LogP) is 2.86. The number of nitrogens with one attached hydrogen (secondary N) is 1. The molecule has 1 amide bonds. The molecular formula is C16H21FN2O. The Morgan fingerprint density at radius 1 is 1.40 bits per heavy atom. The van der Waals surface area contributed by atoms with Crippen LogP contribution in [-0.2, 0) is 11.3 Å². The van der Waals surface area contributed by atoms with E-state index >= 15 is 0 Å². The van der Waals surface area contributed by atoms with Gasteiger partial charge in [0, 0.05) is 26.6 Å². The van der Waals surface area contributed by atoms with Crippen molar-refractivity contribution in [2.24, 2.45) is 5.92 Å². The van der Waals surface area contributed by atoms with Crippen molar-refractivity contribution in [1.29, 1.82) is 0 Å². The standard InChI is InChI=1S/C16H21FN2O/c1-19(2)15-9-8-12(10-14(15)17)11-18-16(20)13-6-4-3-5-7-13/h3-4,8-10,13H,5-7,11H2,1-2H3,(H,18,20)/t13-/m1/s1. The second-order valence-corrected chi connectivity index (χ2v) is 5.38. The summed E-state index contributed by atoms with van der Waals surface area (Å²) in [5.41, 5.74) is 1.34. The van der Waals surface area contributed by atoms with E-state index in [0.717, 1.165) is 24.8 Å². The summed E-state index contributed by atoms with van der Waals surface area (Å²) in [6.45, 7) is 0.379. The second kappa shape index (κ2) is 6.55. The number of benzene rings is 1. The molecule has 2 rings (SSSR count). The molecule has 3 nitrogen and oxygen atoms in total. The molecule has 0 unspecified atom stereocenters. The van der Waals surface area contributed by atoms with Crippen LogP contribution in [-0.4, -0.2) is 20.0 Å². The maximum absolute atomic E-state index is 13.8. The summed E-state index contributed by atoms with van der Waals surface area (Å²) < 4.78 is 13.8. The summed E-state index contributed by atoms with van der Waals surface area (Å²) in [6.07, 6.45) is 6.83. The number of anilines is 1. The fourth-order valence-corrected chi connectivity index (χ4v) is 2.39. The minimum absolute atomic E-state index is 0.0610. The molecule has 1 atom stereocenters. The van der Waals surface area contributed by atoms with Crippen LogP contribution in [0.2, 0.25) is 0 Å². The molecular weight excluding hydrogens is 255 g/mol. The first-order valence-electron chi connectivity index (χ1n) is 6.96. The van der Waals surface area contributed by atoms with E-state index in [9.17, 15) is 9.18 Å². The van der Waals surface area contributed by atoms with Gasteiger partial charge in [-0.05, 0) is 37.0 Å². The molecule has 20 heavy (non-hydrogen) atoms. The Morgan fingerprint density at radius 3 is 2.80 bits per heavy atom. The van der Waals surface area contributed by atoms with Crippen molar-refractivity contribution in [3.8, 4) is 0 Å². The summed E-state index contributed by atoms with van der Waals surface area (Å²) in [7, 11) is 3.60. The van der Waals surface area contributed by atoms with Crippen LogP contribution in [0.5, 0.6) is 0 Å². The smallest absolute Gasteiger partial charge is 0.223 e. The van der Waals surface area contributed by atoms with Gasteiger partial charge in [0.2, 0.25) is 5.91 Å². The fourth-order valence-electron chi connectivity index (χ4n) is 2.39. The molecule has 0 saturated carbocycles. The second-order valence-electron chi connectivity index (χ2n) is 5.38. The lowest BCUT2D eigenvalue weighted by atomic mass is 9.93. The minimum atomic E-state index is -0.262. The number of hydrogen-bond donors (Lipinski definition) is 1. The highest BCUT2D eigenvalue weighted by atomic mass is 19.1. The number of carbonyl (C=O) groups excluding carboxylic acids is 1. The van der Waals surface area contributed by atoms with Gasteiger partial charge in [-0.15, -0.1) is 0 Å². The van der Waals surface area contributed by atoms with E-state index in [4.69, 9.17) is 0 Å². The molecule has 0 aromatic heterocycles. The topological polar surface area (TPSA) is 32.3 Å². The molecule has 1 aromatic rings. The van der Waals surface area contributed by atoms with Crippen LogP contribution >= 0.6 is 0 Å². The molecule has 1 aromatic carbocycles. The van der Waals surface area contributed by atoms with Crippen molar-refractivity contribution in [1.82, 2.24) is 5.32 Å². The monoisotopic (exact) mass is 276 g/mol. The van der Waals surface area contributed by atoms with E-state index in [0.29, 0.717) is 12.2 Å². The van der Waals surface area contributed by atoms with Gasteiger partial charge < -0.3 is 10.2 Å². The highest BCUT2D eigenvalue weighted by Crippen LogP contribution is 2.20. The molecule has 4 heteroatoms. The molecule has 0 spiro atoms. The van der Waals surface area contributed by atoms with Gasteiger partial charge in [0.05, 0.1) is 5.69 Å². The van der Waals surface area contributed by atoms with Gasteiger partial charge in [-0.25, -0.2) is 4.39 Å². The third-order valence-corrected chi connectivity index (χ3v) is 3.60. The number of carbonyl (C=O) groups is 1. The molecule has 0 saturated heterocycles. The first-order valence-corrected chi connectivity index (χ1v) is 6.96. The maximum atomic E-state index is 13.8. The fraction of sp³-hybridized carbons (Fsp3) is 0.438. The Kier molecular flexibility index (Phi) is 4.77. The Morgan fingerprint density at radius 2 is 2.20 bits per heavy atom. The largest absolute Gasteiger partial charge is 0.375 e. The molecule has 1 aliphatic carbocycles. The number of amides is 1. The highest BCUT2D eigenvalue weighted by Gasteiger charge is 2.18. The highest BCUT2D eigenvalue weighted by molar-refractivity contribution is 5.79. The van der Waals surface area contributed by atoms with Gasteiger partial charge >= 0.3 is 0 Å². The maximum Gasteiger partial charge on any atom is 0.223 e. The van der Waals surface area contributed by atoms with Gasteiger partial charge in [0.25, 0.3) is 0 Å². The van der Waals surface area contributed by atoms with Gasteiger partial charge in [-0.3, -0.25) is 4.79 Å². The minimum Gasteiger partial charge on any atom is -0.375 e. The Balaban J connectivity index is 1.92. The Bertz CT molecular complexity index is 511. The normalized spacial score (nSPS) is 17.9. The van der Waals surface area contributed by atoms with Crippen molar-refractivity contribution in [3.05, 3.63) is 41.7 Å². The SMILES string of the molecule is CN(C)c1ccc(CNC(=O)[C@@H]2CC=CCC2)cc1F. The number of nitrogens with zero attached hydrogens (tertiary/aromatic N) is 1. The number of halogens is 1. The third-order valence-electron chi connectivity index (χ3n) is 3.60. The lowest BCUT2D eigenvalue weighted by Crippen LogP contribution is -2.30. The number of rotatable bonds is 4. The Labute approximate surface area is 119 Å². The van der Waals surface area contributed by atoms with Crippen molar-refractivity contribution in [3.63, 3.8) is 0 Å². The summed E-state index contributed by atoms with van der Waals surface area (Å²) in [6, 6.07) is 5.07. The zero-order valence-corrected chi connectivity index (χ0v) is 12.0. The lowest BCUT2D eigenvalue weighted by Gasteiger charge is -2.18. The number of hydrogen-bond acceptors (Lipinski definition) is 2. The van der Waals surface area contributed by atoms with E-state index in [1.165, 1.54) is 6.07 Å². The van der Waals surface area contributed by atoms with E-state index in [-0.39, 0.29) is 17.6 Å². The van der Waals surface area contributed by atoms with Crippen LogP contribution in [0.4, 0.5) is 10.1 Å². The van der Waals surface area contributed by atoms with Gasteiger partial charge in [-0.1, -0.05) is 18.2 Å². The average molecular weight is 276 g/mol. The van der Waals surface area contributed by atoms with Crippen LogP contribution in [0.1, 0.15) is 24.8 Å². The predicted molar refractivity (Wildman–Crippen MR) is 79.1 cm³/mol. The van der Waals surface area contributed by atoms with Crippen LogP contribution in [0.15, 0.2) is 30.4 Å². The van der Waals surface area contributed by atoms with Crippen molar-refractivity contribution >= 4 is 11.6 Å². The van der Waals surface area contributed by atoms with E-state index in [2.05, 4.69) is 17.5 Å². The quantitative estimate of drug-likeness (QED) is 0.858. The summed E-state index contributed by atoms with van der Waals surface area (Å²) >= 11 is 0. The average Bonchev–Trinajstić information content (AvgIpc) is 2.45. The molecule has 0 fully saturated rings. The lowest BCUT2D eigenvalue weighted by molar-refractivity contribution is -0.125. The van der Waals surface area contributed by atoms with E-state index < -0.39 is 0 Å². The van der Waals surface area contributed by atoms with Crippen LogP contribution in [0.3, 0.4) is 0 Å². The molecule has 0 radical (unpaired) electrons. The Hall–Kier alpha value is -1.84. The molecule has 1 aliphatic rings. The van der Waals surface area contributed by atoms with Gasteiger partial charge in [0.15, 0.2) is 0 Å². The molecule has 0 heterocycles. The van der Waals surface area contributed by atoms with Crippen molar-refractivity contribution in [2.45, 2.75) is 25.8 Å². The first kappa shape index (κ1) is 14.6. The zero-order valence-electron chi connectivity index (χ0n) is 12.0. The first-order chi connectivity index (χ1) is 9.58. The van der Waals surface area contributed by atoms with Crippen LogP contribution in [0.25, 0.3) is 0 Å². The molecule has 0 bridgehead atoms. The van der Waals surface area contributed by atoms with Gasteiger partial charge in [0.1, 0.15) is 5.82 Å². The van der Waals surface area contributed by atoms with E-state index in [1.54, 1.807) is 25.1 Å². The molecule has 0 aliphatic heterocycles. The number of allylic oxidation sites excluding steroid dienone is 2. The third kappa shape index (κ3) is 3.59.